The van der Waals surface area contributed by atoms with Gasteiger partial charge in [0.05, 0.1) is 25.8 Å². The second kappa shape index (κ2) is 21.9. The van der Waals surface area contributed by atoms with Crippen LogP contribution in [0.5, 0.6) is 0 Å². The van der Waals surface area contributed by atoms with Crippen molar-refractivity contribution in [1.82, 2.24) is 26.2 Å². The first-order valence-electron chi connectivity index (χ1n) is 18.6. The molecule has 0 bridgehead atoms. The Kier molecular flexibility index (Phi) is 17.7. The molecule has 52 heavy (non-hydrogen) atoms. The normalized spacial score (nSPS) is 15.6. The zero-order chi connectivity index (χ0) is 38.0. The summed E-state index contributed by atoms with van der Waals surface area (Å²) in [4.78, 5) is 70.1. The summed E-state index contributed by atoms with van der Waals surface area (Å²) >= 11 is 0. The van der Waals surface area contributed by atoms with Crippen LogP contribution < -0.4 is 21.3 Å². The van der Waals surface area contributed by atoms with E-state index < -0.39 is 41.9 Å². The average Bonchev–Trinajstić information content (AvgIpc) is 3.11. The number of Topliss-reactive ketones (excluding diaryl/α,β-unsaturated/α-hetero) is 1. The van der Waals surface area contributed by atoms with Crippen LogP contribution in [0.1, 0.15) is 71.4 Å². The predicted octanol–water partition coefficient (Wildman–Crippen LogP) is 3.76. The second-order valence-corrected chi connectivity index (χ2v) is 14.7. The molecule has 0 saturated carbocycles. The smallest absolute Gasteiger partial charge is 0.243 e. The van der Waals surface area contributed by atoms with Crippen LogP contribution in [-0.4, -0.2) is 91.3 Å². The molecular formula is C41H59N5O6. The molecule has 4 N–H and O–H groups in total. The summed E-state index contributed by atoms with van der Waals surface area (Å²) < 4.78 is 5.40. The molecule has 0 spiro atoms. The van der Waals surface area contributed by atoms with Gasteiger partial charge in [-0.05, 0) is 67.6 Å². The number of rotatable bonds is 21. The minimum Gasteiger partial charge on any atom is -0.379 e. The largest absolute Gasteiger partial charge is 0.379 e. The van der Waals surface area contributed by atoms with Crippen molar-refractivity contribution in [3.05, 3.63) is 83.9 Å². The first-order chi connectivity index (χ1) is 24.8. The molecule has 0 unspecified atom stereocenters. The number of carbonyl (C=O) groups is 5. The molecule has 11 nitrogen and oxygen atoms in total. The first kappa shape index (κ1) is 42.1. The fraction of sp³-hybridized carbons (Fsp3) is 0.537. The summed E-state index contributed by atoms with van der Waals surface area (Å²) in [5.41, 5.74) is 2.18. The first-order valence-corrected chi connectivity index (χ1v) is 18.6. The number of amides is 4. The van der Waals surface area contributed by atoms with E-state index in [2.05, 4.69) is 27.8 Å². The molecule has 0 aliphatic carbocycles. The van der Waals surface area contributed by atoms with Crippen molar-refractivity contribution >= 4 is 29.4 Å². The van der Waals surface area contributed by atoms with E-state index in [4.69, 9.17) is 4.74 Å². The summed E-state index contributed by atoms with van der Waals surface area (Å²) in [7, 11) is 0. The number of hydrogen-bond donors (Lipinski definition) is 4. The summed E-state index contributed by atoms with van der Waals surface area (Å²) in [6.45, 7) is 15.9. The molecule has 1 aliphatic rings. The van der Waals surface area contributed by atoms with Crippen LogP contribution >= 0.6 is 0 Å². The number of ether oxygens (including phenoxy) is 1. The number of nitrogens with one attached hydrogen (secondary N) is 4. The molecule has 0 aromatic heterocycles. The van der Waals surface area contributed by atoms with Gasteiger partial charge in [-0.1, -0.05) is 94.9 Å². The van der Waals surface area contributed by atoms with Gasteiger partial charge in [0, 0.05) is 19.5 Å². The quantitative estimate of drug-likeness (QED) is 0.144. The fourth-order valence-electron chi connectivity index (χ4n) is 6.07. The molecule has 3 rings (SSSR count). The summed E-state index contributed by atoms with van der Waals surface area (Å²) in [6, 6.07) is 15.3. The van der Waals surface area contributed by atoms with Gasteiger partial charge >= 0.3 is 0 Å². The molecule has 1 aliphatic heterocycles. The molecule has 4 amide bonds. The van der Waals surface area contributed by atoms with Crippen molar-refractivity contribution in [2.75, 3.05) is 32.8 Å². The lowest BCUT2D eigenvalue weighted by molar-refractivity contribution is -0.134. The standard InChI is InChI=1S/C41H59N5O6/c1-28(2)17-19-33(38(48)30(5)6)43-41(51)36(26-32-15-11-8-12-16-32)45-40(50)35(25-29(3)4)44-39(49)34(20-18-31-13-9-7-10-14-31)42-37(47)27-46-21-23-52-24-22-46/h7-16,28-29,33-36H,5,17-27H2,1-4,6H3,(H,42,47)(H,43,51)(H,44,49)(H,45,50)/t33-,34-,35-,36-/m0/s1. The Morgan fingerprint density at radius 2 is 1.21 bits per heavy atom. The van der Waals surface area contributed by atoms with Crippen LogP contribution in [0.25, 0.3) is 0 Å². The Morgan fingerprint density at radius 3 is 1.79 bits per heavy atom. The molecule has 2 aromatic rings. The predicted molar refractivity (Wildman–Crippen MR) is 203 cm³/mol. The van der Waals surface area contributed by atoms with Gasteiger partial charge in [-0.3, -0.25) is 28.9 Å². The SMILES string of the molecule is C=C(C)C(=O)[C@H](CCC(C)C)NC(=O)[C@H](Cc1ccccc1)NC(=O)[C@H](CC(C)C)NC(=O)[C@H](CCc1ccccc1)NC(=O)CN1CCOCC1. The highest BCUT2D eigenvalue weighted by Crippen LogP contribution is 2.14. The Hall–Kier alpha value is -4.35. The lowest BCUT2D eigenvalue weighted by Crippen LogP contribution is -2.58. The third-order valence-corrected chi connectivity index (χ3v) is 9.03. The highest BCUT2D eigenvalue weighted by Gasteiger charge is 2.32. The van der Waals surface area contributed by atoms with Gasteiger partial charge in [-0.15, -0.1) is 0 Å². The zero-order valence-corrected chi connectivity index (χ0v) is 31.6. The van der Waals surface area contributed by atoms with Crippen molar-refractivity contribution < 1.29 is 28.7 Å². The third-order valence-electron chi connectivity index (χ3n) is 9.03. The van der Waals surface area contributed by atoms with Crippen LogP contribution in [0.3, 0.4) is 0 Å². The fourth-order valence-corrected chi connectivity index (χ4v) is 6.07. The number of aryl methyl sites for hydroxylation is 1. The highest BCUT2D eigenvalue weighted by molar-refractivity contribution is 6.01. The Labute approximate surface area is 309 Å². The van der Waals surface area contributed by atoms with E-state index in [1.165, 1.54) is 0 Å². The lowest BCUT2D eigenvalue weighted by Gasteiger charge is -2.28. The van der Waals surface area contributed by atoms with E-state index in [0.29, 0.717) is 63.5 Å². The topological polar surface area (TPSA) is 146 Å². The van der Waals surface area contributed by atoms with Gasteiger partial charge in [0.15, 0.2) is 5.78 Å². The van der Waals surface area contributed by atoms with Gasteiger partial charge in [0.1, 0.15) is 18.1 Å². The number of morpholine rings is 1. The molecular weight excluding hydrogens is 658 g/mol. The van der Waals surface area contributed by atoms with Crippen molar-refractivity contribution in [1.29, 1.82) is 0 Å². The maximum atomic E-state index is 14.1. The molecule has 2 aromatic carbocycles. The van der Waals surface area contributed by atoms with E-state index in [0.717, 1.165) is 17.5 Å². The van der Waals surface area contributed by atoms with Crippen LogP contribution in [0, 0.1) is 11.8 Å². The molecule has 0 radical (unpaired) electrons. The van der Waals surface area contributed by atoms with Crippen LogP contribution in [-0.2, 0) is 41.6 Å². The highest BCUT2D eigenvalue weighted by atomic mass is 16.5. The van der Waals surface area contributed by atoms with Crippen LogP contribution in [0.4, 0.5) is 0 Å². The van der Waals surface area contributed by atoms with Gasteiger partial charge in [0.25, 0.3) is 0 Å². The molecule has 4 atom stereocenters. The molecule has 1 saturated heterocycles. The Balaban J connectivity index is 1.82. The van der Waals surface area contributed by atoms with Crippen molar-refractivity contribution in [3.63, 3.8) is 0 Å². The molecule has 1 fully saturated rings. The Morgan fingerprint density at radius 1 is 0.673 bits per heavy atom. The van der Waals surface area contributed by atoms with Gasteiger partial charge < -0.3 is 26.0 Å². The maximum Gasteiger partial charge on any atom is 0.243 e. The number of ketones is 1. The molecule has 284 valence electrons. The maximum absolute atomic E-state index is 14.1. The molecule has 11 heteroatoms. The summed E-state index contributed by atoms with van der Waals surface area (Å²) in [6.07, 6.45) is 2.50. The minimum atomic E-state index is -1.02. The van der Waals surface area contributed by atoms with Gasteiger partial charge in [-0.25, -0.2) is 0 Å². The van der Waals surface area contributed by atoms with E-state index >= 15 is 0 Å². The Bertz CT molecular complexity index is 1460. The zero-order valence-electron chi connectivity index (χ0n) is 31.6. The number of nitrogens with zero attached hydrogens (tertiary/aromatic N) is 1. The third kappa shape index (κ3) is 15.1. The van der Waals surface area contributed by atoms with Gasteiger partial charge in [-0.2, -0.15) is 0 Å². The lowest BCUT2D eigenvalue weighted by atomic mass is 9.96. The van der Waals surface area contributed by atoms with E-state index in [-0.39, 0.29) is 30.6 Å². The number of hydrogen-bond acceptors (Lipinski definition) is 7. The minimum absolute atomic E-state index is 0.0183. The van der Waals surface area contributed by atoms with Crippen molar-refractivity contribution in [2.24, 2.45) is 11.8 Å². The van der Waals surface area contributed by atoms with Crippen molar-refractivity contribution in [2.45, 2.75) is 97.3 Å². The van der Waals surface area contributed by atoms with Crippen LogP contribution in [0.15, 0.2) is 72.8 Å². The summed E-state index contributed by atoms with van der Waals surface area (Å²) in [5.74, 6) is -1.69. The van der Waals surface area contributed by atoms with E-state index in [1.807, 2.05) is 93.3 Å². The number of benzene rings is 2. The number of carbonyl (C=O) groups excluding carboxylic acids is 5. The monoisotopic (exact) mass is 717 g/mol. The van der Waals surface area contributed by atoms with Gasteiger partial charge in [0.2, 0.25) is 23.6 Å². The van der Waals surface area contributed by atoms with Crippen LogP contribution in [0.2, 0.25) is 0 Å². The van der Waals surface area contributed by atoms with E-state index in [9.17, 15) is 24.0 Å². The van der Waals surface area contributed by atoms with E-state index in [1.54, 1.807) is 6.92 Å². The average molecular weight is 718 g/mol. The van der Waals surface area contributed by atoms with Crippen molar-refractivity contribution in [3.8, 4) is 0 Å². The second-order valence-electron chi connectivity index (χ2n) is 14.7. The molecule has 1 heterocycles. The summed E-state index contributed by atoms with van der Waals surface area (Å²) in [5, 5.41) is 11.6.